The van der Waals surface area contributed by atoms with Crippen molar-refractivity contribution in [1.29, 1.82) is 0 Å². The van der Waals surface area contributed by atoms with Gasteiger partial charge in [-0.1, -0.05) is 36.2 Å². The number of aromatic nitrogens is 2. The van der Waals surface area contributed by atoms with E-state index in [0.29, 0.717) is 6.42 Å². The molecular weight excluding hydrogens is 236 g/mol. The molecule has 0 bridgehead atoms. The van der Waals surface area contributed by atoms with Crippen LogP contribution in [-0.4, -0.2) is 14.9 Å². The quantitative estimate of drug-likeness (QED) is 0.915. The molecular formula is C16H22N2O. The Labute approximate surface area is 114 Å². The van der Waals surface area contributed by atoms with Gasteiger partial charge in [0, 0.05) is 19.2 Å². The van der Waals surface area contributed by atoms with Crippen LogP contribution in [0.2, 0.25) is 0 Å². The van der Waals surface area contributed by atoms with Crippen LogP contribution in [0.15, 0.2) is 24.3 Å². The number of aryl methyl sites for hydroxylation is 4. The molecule has 0 amide bonds. The highest BCUT2D eigenvalue weighted by molar-refractivity contribution is 5.30. The Morgan fingerprint density at radius 2 is 1.79 bits per heavy atom. The maximum atomic E-state index is 10.4. The third-order valence-corrected chi connectivity index (χ3v) is 3.42. The van der Waals surface area contributed by atoms with Crippen molar-refractivity contribution in [1.82, 2.24) is 9.78 Å². The summed E-state index contributed by atoms with van der Waals surface area (Å²) in [7, 11) is 1.93. The van der Waals surface area contributed by atoms with E-state index in [1.165, 1.54) is 11.1 Å². The van der Waals surface area contributed by atoms with Crippen LogP contribution in [-0.2, 0) is 19.9 Å². The zero-order chi connectivity index (χ0) is 14.0. The smallest absolute Gasteiger partial charge is 0.0845 e. The number of nitrogens with zero attached hydrogens (tertiary/aromatic N) is 2. The van der Waals surface area contributed by atoms with E-state index >= 15 is 0 Å². The molecule has 3 nitrogen and oxygen atoms in total. The molecule has 1 atom stereocenters. The molecule has 1 aromatic heterocycles. The van der Waals surface area contributed by atoms with E-state index in [1.54, 1.807) is 0 Å². The van der Waals surface area contributed by atoms with Crippen molar-refractivity contribution in [2.75, 3.05) is 0 Å². The molecule has 1 aromatic carbocycles. The van der Waals surface area contributed by atoms with Crippen LogP contribution in [0, 0.1) is 13.8 Å². The molecule has 1 unspecified atom stereocenters. The van der Waals surface area contributed by atoms with E-state index in [9.17, 15) is 5.11 Å². The van der Waals surface area contributed by atoms with Gasteiger partial charge in [-0.3, -0.25) is 4.68 Å². The standard InChI is InChI=1S/C16H22N2O/c1-5-14-9-15(18(4)17-14)10-16(19)13-7-11(2)6-12(3)8-13/h6-9,16,19H,5,10H2,1-4H3. The maximum absolute atomic E-state index is 10.4. The van der Waals surface area contributed by atoms with Crippen LogP contribution < -0.4 is 0 Å². The maximum Gasteiger partial charge on any atom is 0.0845 e. The van der Waals surface area contributed by atoms with Crippen molar-refractivity contribution in [2.45, 2.75) is 39.7 Å². The van der Waals surface area contributed by atoms with Crippen molar-refractivity contribution >= 4 is 0 Å². The minimum Gasteiger partial charge on any atom is -0.388 e. The molecule has 0 saturated carbocycles. The normalized spacial score (nSPS) is 12.7. The third-order valence-electron chi connectivity index (χ3n) is 3.42. The number of rotatable bonds is 4. The topological polar surface area (TPSA) is 38.0 Å². The average molecular weight is 258 g/mol. The zero-order valence-corrected chi connectivity index (χ0v) is 12.1. The first kappa shape index (κ1) is 13.8. The Hall–Kier alpha value is -1.61. The van der Waals surface area contributed by atoms with E-state index in [4.69, 9.17) is 0 Å². The largest absolute Gasteiger partial charge is 0.388 e. The third kappa shape index (κ3) is 3.24. The van der Waals surface area contributed by atoms with Gasteiger partial charge in [0.25, 0.3) is 0 Å². The molecule has 0 fully saturated rings. The van der Waals surface area contributed by atoms with Gasteiger partial charge in [0.05, 0.1) is 11.8 Å². The summed E-state index contributed by atoms with van der Waals surface area (Å²) < 4.78 is 1.87. The van der Waals surface area contributed by atoms with Crippen LogP contribution in [0.25, 0.3) is 0 Å². The lowest BCUT2D eigenvalue weighted by Crippen LogP contribution is -2.07. The Bertz CT molecular complexity index is 552. The first-order valence-electron chi connectivity index (χ1n) is 6.77. The summed E-state index contributed by atoms with van der Waals surface area (Å²) in [4.78, 5) is 0. The number of aliphatic hydroxyl groups is 1. The Kier molecular flexibility index (Phi) is 4.05. The summed E-state index contributed by atoms with van der Waals surface area (Å²) in [5.41, 5.74) is 5.51. The summed E-state index contributed by atoms with van der Waals surface area (Å²) in [6, 6.07) is 8.30. The SMILES string of the molecule is CCc1cc(CC(O)c2cc(C)cc(C)c2)n(C)n1. The van der Waals surface area contributed by atoms with Crippen LogP contribution >= 0.6 is 0 Å². The molecule has 0 saturated heterocycles. The van der Waals surface area contributed by atoms with E-state index in [2.05, 4.69) is 50.1 Å². The van der Waals surface area contributed by atoms with Gasteiger partial charge >= 0.3 is 0 Å². The summed E-state index contributed by atoms with van der Waals surface area (Å²) in [5, 5.41) is 14.8. The van der Waals surface area contributed by atoms with Crippen molar-refractivity contribution in [3.05, 3.63) is 52.3 Å². The zero-order valence-electron chi connectivity index (χ0n) is 12.1. The summed E-state index contributed by atoms with van der Waals surface area (Å²) >= 11 is 0. The van der Waals surface area contributed by atoms with Crippen molar-refractivity contribution in [2.24, 2.45) is 7.05 Å². The monoisotopic (exact) mass is 258 g/mol. The molecule has 3 heteroatoms. The second-order valence-electron chi connectivity index (χ2n) is 5.25. The lowest BCUT2D eigenvalue weighted by atomic mass is 10.00. The lowest BCUT2D eigenvalue weighted by molar-refractivity contribution is 0.175. The molecule has 0 aliphatic rings. The average Bonchev–Trinajstić information content (AvgIpc) is 2.69. The van der Waals surface area contributed by atoms with Crippen LogP contribution in [0.4, 0.5) is 0 Å². The van der Waals surface area contributed by atoms with Gasteiger partial charge in [-0.25, -0.2) is 0 Å². The van der Waals surface area contributed by atoms with Crippen LogP contribution in [0.3, 0.4) is 0 Å². The first-order chi connectivity index (χ1) is 8.99. The Morgan fingerprint density at radius 1 is 1.16 bits per heavy atom. The summed E-state index contributed by atoms with van der Waals surface area (Å²) in [5.74, 6) is 0. The molecule has 2 aromatic rings. The molecule has 0 spiro atoms. The number of benzene rings is 1. The predicted molar refractivity (Wildman–Crippen MR) is 77.2 cm³/mol. The highest BCUT2D eigenvalue weighted by Gasteiger charge is 2.13. The number of hydrogen-bond donors (Lipinski definition) is 1. The van der Waals surface area contributed by atoms with Gasteiger partial charge in [-0.05, 0) is 31.9 Å². The lowest BCUT2D eigenvalue weighted by Gasteiger charge is -2.13. The van der Waals surface area contributed by atoms with E-state index in [1.807, 2.05) is 11.7 Å². The van der Waals surface area contributed by atoms with Crippen molar-refractivity contribution < 1.29 is 5.11 Å². The van der Waals surface area contributed by atoms with Gasteiger partial charge in [-0.15, -0.1) is 0 Å². The van der Waals surface area contributed by atoms with E-state index in [0.717, 1.165) is 23.4 Å². The van der Waals surface area contributed by atoms with E-state index < -0.39 is 6.10 Å². The van der Waals surface area contributed by atoms with Crippen molar-refractivity contribution in [3.63, 3.8) is 0 Å². The van der Waals surface area contributed by atoms with Crippen LogP contribution in [0.5, 0.6) is 0 Å². The molecule has 1 N–H and O–H groups in total. The number of hydrogen-bond acceptors (Lipinski definition) is 2. The molecule has 0 aliphatic carbocycles. The van der Waals surface area contributed by atoms with Gasteiger partial charge in [-0.2, -0.15) is 5.10 Å². The predicted octanol–water partition coefficient (Wildman–Crippen LogP) is 2.88. The molecule has 2 rings (SSSR count). The highest BCUT2D eigenvalue weighted by atomic mass is 16.3. The van der Waals surface area contributed by atoms with Crippen LogP contribution in [0.1, 0.15) is 41.1 Å². The van der Waals surface area contributed by atoms with Gasteiger partial charge < -0.3 is 5.11 Å². The number of aliphatic hydroxyl groups excluding tert-OH is 1. The van der Waals surface area contributed by atoms with Crippen molar-refractivity contribution in [3.8, 4) is 0 Å². The fourth-order valence-corrected chi connectivity index (χ4v) is 2.45. The second-order valence-corrected chi connectivity index (χ2v) is 5.25. The first-order valence-corrected chi connectivity index (χ1v) is 6.77. The van der Waals surface area contributed by atoms with Gasteiger partial charge in [0.15, 0.2) is 0 Å². The van der Waals surface area contributed by atoms with E-state index in [-0.39, 0.29) is 0 Å². The molecule has 1 heterocycles. The minimum atomic E-state index is -0.473. The fourth-order valence-electron chi connectivity index (χ4n) is 2.45. The fraction of sp³-hybridized carbons (Fsp3) is 0.438. The molecule has 19 heavy (non-hydrogen) atoms. The molecule has 102 valence electrons. The summed E-state index contributed by atoms with van der Waals surface area (Å²) in [6.45, 7) is 6.21. The van der Waals surface area contributed by atoms with Gasteiger partial charge in [0.1, 0.15) is 0 Å². The highest BCUT2D eigenvalue weighted by Crippen LogP contribution is 2.21. The Morgan fingerprint density at radius 3 is 2.32 bits per heavy atom. The van der Waals surface area contributed by atoms with Gasteiger partial charge in [0.2, 0.25) is 0 Å². The molecule has 0 radical (unpaired) electrons. The molecule has 0 aliphatic heterocycles. The summed E-state index contributed by atoms with van der Waals surface area (Å²) in [6.07, 6.45) is 1.05. The second kappa shape index (κ2) is 5.57. The minimum absolute atomic E-state index is 0.473. The Balaban J connectivity index is 2.20.